The standard InChI is InChI=1S/C18H20N2O3/c1-11-6-4-5-7-14(11)16(18(22)23-3)20-13-8-9-15(17(19)21)12(2)10-13/h4-10,16,20H,1-3H3,(H2,19,21)/t16-/m1/s1. The molecule has 23 heavy (non-hydrogen) atoms. The molecule has 2 rings (SSSR count). The van der Waals surface area contributed by atoms with E-state index in [0.29, 0.717) is 11.3 Å². The van der Waals surface area contributed by atoms with Crippen LogP contribution in [0.3, 0.4) is 0 Å². The number of carbonyl (C=O) groups excluding carboxylic acids is 2. The number of hydrogen-bond donors (Lipinski definition) is 2. The number of benzene rings is 2. The number of rotatable bonds is 5. The summed E-state index contributed by atoms with van der Waals surface area (Å²) >= 11 is 0. The van der Waals surface area contributed by atoms with Crippen molar-refractivity contribution in [1.82, 2.24) is 0 Å². The van der Waals surface area contributed by atoms with E-state index in [2.05, 4.69) is 5.32 Å². The van der Waals surface area contributed by atoms with Crippen LogP contribution in [0.2, 0.25) is 0 Å². The van der Waals surface area contributed by atoms with Crippen LogP contribution in [0.15, 0.2) is 42.5 Å². The molecule has 0 aliphatic rings. The minimum Gasteiger partial charge on any atom is -0.467 e. The average Bonchev–Trinajstić information content (AvgIpc) is 2.52. The van der Waals surface area contributed by atoms with Crippen LogP contribution in [0.5, 0.6) is 0 Å². The Balaban J connectivity index is 2.36. The van der Waals surface area contributed by atoms with E-state index in [-0.39, 0.29) is 5.97 Å². The van der Waals surface area contributed by atoms with Gasteiger partial charge in [0.15, 0.2) is 6.04 Å². The molecular weight excluding hydrogens is 292 g/mol. The maximum Gasteiger partial charge on any atom is 0.332 e. The molecule has 1 atom stereocenters. The molecule has 0 spiro atoms. The van der Waals surface area contributed by atoms with Crippen LogP contribution in [0, 0.1) is 13.8 Å². The van der Waals surface area contributed by atoms with Gasteiger partial charge in [0.2, 0.25) is 5.91 Å². The molecule has 0 radical (unpaired) electrons. The third-order valence-electron chi connectivity index (χ3n) is 3.74. The van der Waals surface area contributed by atoms with Crippen LogP contribution >= 0.6 is 0 Å². The second kappa shape index (κ2) is 6.96. The summed E-state index contributed by atoms with van der Waals surface area (Å²) in [6.45, 7) is 3.74. The number of esters is 1. The third-order valence-corrected chi connectivity index (χ3v) is 3.74. The molecule has 0 saturated carbocycles. The number of nitrogens with one attached hydrogen (secondary N) is 1. The quantitative estimate of drug-likeness (QED) is 0.832. The summed E-state index contributed by atoms with van der Waals surface area (Å²) in [5.74, 6) is -0.853. The van der Waals surface area contributed by atoms with Gasteiger partial charge in [0.05, 0.1) is 7.11 Å². The summed E-state index contributed by atoms with van der Waals surface area (Å²) in [4.78, 5) is 23.5. The first kappa shape index (κ1) is 16.5. The maximum absolute atomic E-state index is 12.2. The van der Waals surface area contributed by atoms with Gasteiger partial charge in [0, 0.05) is 11.3 Å². The van der Waals surface area contributed by atoms with Crippen molar-refractivity contribution in [1.29, 1.82) is 0 Å². The first-order valence-electron chi connectivity index (χ1n) is 7.24. The Hall–Kier alpha value is -2.82. The zero-order valence-electron chi connectivity index (χ0n) is 13.4. The maximum atomic E-state index is 12.2. The fraction of sp³-hybridized carbons (Fsp3) is 0.222. The summed E-state index contributed by atoms with van der Waals surface area (Å²) in [5, 5.41) is 3.17. The minimum atomic E-state index is -0.625. The second-order valence-electron chi connectivity index (χ2n) is 5.35. The number of primary amides is 1. The number of methoxy groups -OCH3 is 1. The molecule has 1 amide bonds. The number of hydrogen-bond acceptors (Lipinski definition) is 4. The number of aryl methyl sites for hydroxylation is 2. The summed E-state index contributed by atoms with van der Waals surface area (Å²) in [5.41, 5.74) is 9.06. The van der Waals surface area contributed by atoms with E-state index in [0.717, 1.165) is 16.7 Å². The van der Waals surface area contributed by atoms with Gasteiger partial charge in [0.1, 0.15) is 0 Å². The van der Waals surface area contributed by atoms with Crippen molar-refractivity contribution in [2.24, 2.45) is 5.73 Å². The van der Waals surface area contributed by atoms with Crippen LogP contribution < -0.4 is 11.1 Å². The smallest absolute Gasteiger partial charge is 0.332 e. The molecule has 0 bridgehead atoms. The zero-order chi connectivity index (χ0) is 17.0. The molecule has 5 heteroatoms. The third kappa shape index (κ3) is 3.69. The van der Waals surface area contributed by atoms with Crippen molar-refractivity contribution >= 4 is 17.6 Å². The van der Waals surface area contributed by atoms with Crippen LogP contribution in [-0.4, -0.2) is 19.0 Å². The molecule has 0 heterocycles. The number of ether oxygens (including phenoxy) is 1. The fourth-order valence-corrected chi connectivity index (χ4v) is 2.49. The van der Waals surface area contributed by atoms with Gasteiger partial charge in [-0.25, -0.2) is 4.79 Å². The van der Waals surface area contributed by atoms with E-state index < -0.39 is 11.9 Å². The average molecular weight is 312 g/mol. The minimum absolute atomic E-state index is 0.379. The Morgan fingerprint density at radius 2 is 1.78 bits per heavy atom. The van der Waals surface area contributed by atoms with Gasteiger partial charge < -0.3 is 15.8 Å². The molecule has 3 N–H and O–H groups in total. The van der Waals surface area contributed by atoms with Gasteiger partial charge in [-0.05, 0) is 48.7 Å². The van der Waals surface area contributed by atoms with Gasteiger partial charge >= 0.3 is 5.97 Å². The first-order valence-corrected chi connectivity index (χ1v) is 7.24. The highest BCUT2D eigenvalue weighted by Crippen LogP contribution is 2.25. The van der Waals surface area contributed by atoms with Gasteiger partial charge in [-0.2, -0.15) is 0 Å². The second-order valence-corrected chi connectivity index (χ2v) is 5.35. The van der Waals surface area contributed by atoms with E-state index in [9.17, 15) is 9.59 Å². The molecule has 0 fully saturated rings. The van der Waals surface area contributed by atoms with Crippen LogP contribution in [-0.2, 0) is 9.53 Å². The number of nitrogens with two attached hydrogens (primary N) is 1. The van der Waals surface area contributed by atoms with Crippen molar-refractivity contribution in [3.05, 3.63) is 64.7 Å². The van der Waals surface area contributed by atoms with Crippen molar-refractivity contribution < 1.29 is 14.3 Å². The predicted molar refractivity (Wildman–Crippen MR) is 89.3 cm³/mol. The monoisotopic (exact) mass is 312 g/mol. The molecule has 5 nitrogen and oxygen atoms in total. The molecule has 0 aliphatic heterocycles. The lowest BCUT2D eigenvalue weighted by atomic mass is 10.0. The summed E-state index contributed by atoms with van der Waals surface area (Å²) < 4.78 is 4.91. The molecular formula is C18H20N2O3. The highest BCUT2D eigenvalue weighted by Gasteiger charge is 2.23. The highest BCUT2D eigenvalue weighted by atomic mass is 16.5. The lowest BCUT2D eigenvalue weighted by Crippen LogP contribution is -2.23. The van der Waals surface area contributed by atoms with E-state index in [1.54, 1.807) is 25.1 Å². The molecule has 0 aliphatic carbocycles. The Kier molecular flexibility index (Phi) is 5.01. The number of amides is 1. The predicted octanol–water partition coefficient (Wildman–Crippen LogP) is 2.73. The van der Waals surface area contributed by atoms with E-state index in [1.807, 2.05) is 31.2 Å². The van der Waals surface area contributed by atoms with Crippen LogP contribution in [0.4, 0.5) is 5.69 Å². The van der Waals surface area contributed by atoms with Crippen molar-refractivity contribution in [2.75, 3.05) is 12.4 Å². The molecule has 0 unspecified atom stereocenters. The molecule has 120 valence electrons. The number of carbonyl (C=O) groups is 2. The van der Waals surface area contributed by atoms with Crippen molar-refractivity contribution in [2.45, 2.75) is 19.9 Å². The van der Waals surface area contributed by atoms with Gasteiger partial charge in [0.25, 0.3) is 0 Å². The fourth-order valence-electron chi connectivity index (χ4n) is 2.49. The van der Waals surface area contributed by atoms with Gasteiger partial charge in [-0.15, -0.1) is 0 Å². The van der Waals surface area contributed by atoms with Gasteiger partial charge in [-0.3, -0.25) is 4.79 Å². The van der Waals surface area contributed by atoms with Gasteiger partial charge in [-0.1, -0.05) is 24.3 Å². The Bertz CT molecular complexity index is 741. The van der Waals surface area contributed by atoms with Crippen LogP contribution in [0.25, 0.3) is 0 Å². The number of anilines is 1. The summed E-state index contributed by atoms with van der Waals surface area (Å²) in [6, 6.07) is 12.1. The lowest BCUT2D eigenvalue weighted by molar-refractivity contribution is -0.141. The zero-order valence-corrected chi connectivity index (χ0v) is 13.4. The Morgan fingerprint density at radius 1 is 1.09 bits per heavy atom. The summed E-state index contributed by atoms with van der Waals surface area (Å²) in [6.07, 6.45) is 0. The van der Waals surface area contributed by atoms with Crippen molar-refractivity contribution in [3.63, 3.8) is 0 Å². The van der Waals surface area contributed by atoms with E-state index in [4.69, 9.17) is 10.5 Å². The molecule has 2 aromatic carbocycles. The highest BCUT2D eigenvalue weighted by molar-refractivity contribution is 5.94. The SMILES string of the molecule is COC(=O)[C@H](Nc1ccc(C(N)=O)c(C)c1)c1ccccc1C. The van der Waals surface area contributed by atoms with Crippen LogP contribution in [0.1, 0.15) is 33.1 Å². The topological polar surface area (TPSA) is 81.4 Å². The van der Waals surface area contributed by atoms with Crippen molar-refractivity contribution in [3.8, 4) is 0 Å². The lowest BCUT2D eigenvalue weighted by Gasteiger charge is -2.20. The first-order chi connectivity index (χ1) is 10.9. The largest absolute Gasteiger partial charge is 0.467 e. The molecule has 0 saturated heterocycles. The summed E-state index contributed by atoms with van der Waals surface area (Å²) in [7, 11) is 1.36. The molecule has 2 aromatic rings. The van der Waals surface area contributed by atoms with E-state index >= 15 is 0 Å². The molecule has 0 aromatic heterocycles. The normalized spacial score (nSPS) is 11.6. The Labute approximate surface area is 135 Å². The Morgan fingerprint density at radius 3 is 2.35 bits per heavy atom. The van der Waals surface area contributed by atoms with E-state index in [1.165, 1.54) is 7.11 Å².